The van der Waals surface area contributed by atoms with E-state index in [4.69, 9.17) is 0 Å². The lowest BCUT2D eigenvalue weighted by Crippen LogP contribution is -2.38. The highest BCUT2D eigenvalue weighted by Gasteiger charge is 2.14. The molecule has 0 bridgehead atoms. The van der Waals surface area contributed by atoms with Crippen molar-refractivity contribution in [2.75, 3.05) is 33.2 Å². The molecule has 1 fully saturated rings. The average Bonchev–Trinajstić information content (AvgIpc) is 2.60. The topological polar surface area (TPSA) is 39.7 Å². The average molecular weight is 458 g/mol. The number of aryl methyl sites for hydroxylation is 1. The molecule has 1 aromatic carbocycles. The molecule has 142 valence electrons. The van der Waals surface area contributed by atoms with Crippen molar-refractivity contribution in [2.24, 2.45) is 10.9 Å². The summed E-state index contributed by atoms with van der Waals surface area (Å²) in [7, 11) is 1.83. The van der Waals surface area contributed by atoms with E-state index in [1.165, 1.54) is 56.4 Å². The number of nitrogens with one attached hydrogen (secondary N) is 2. The summed E-state index contributed by atoms with van der Waals surface area (Å²) in [6.45, 7) is 10.1. The van der Waals surface area contributed by atoms with Crippen LogP contribution in [0.15, 0.2) is 29.3 Å². The molecule has 0 atom stereocenters. The first kappa shape index (κ1) is 22.2. The van der Waals surface area contributed by atoms with Gasteiger partial charge < -0.3 is 15.5 Å². The smallest absolute Gasteiger partial charge is 0.191 e. The number of guanidine groups is 1. The summed E-state index contributed by atoms with van der Waals surface area (Å²) in [6.07, 6.45) is 5.19. The molecule has 2 rings (SSSR count). The Labute approximate surface area is 170 Å². The standard InChI is InChI=1S/C20H34N4.HI/c1-17-6-8-19(9-7-17)16-23-20(21-3)22-12-4-5-13-24-14-10-18(2)11-15-24;/h6-9,18H,4-5,10-16H2,1-3H3,(H2,21,22,23);1H. The molecule has 0 unspecified atom stereocenters. The van der Waals surface area contributed by atoms with Crippen LogP contribution in [-0.4, -0.2) is 44.1 Å². The molecular formula is C20H35IN4. The van der Waals surface area contributed by atoms with Crippen LogP contribution in [0.5, 0.6) is 0 Å². The molecule has 1 aliphatic heterocycles. The summed E-state index contributed by atoms with van der Waals surface area (Å²) >= 11 is 0. The predicted molar refractivity (Wildman–Crippen MR) is 119 cm³/mol. The number of likely N-dealkylation sites (tertiary alicyclic amines) is 1. The quantitative estimate of drug-likeness (QED) is 0.283. The Morgan fingerprint density at radius 1 is 1.12 bits per heavy atom. The third-order valence-corrected chi connectivity index (χ3v) is 4.87. The molecule has 0 aliphatic carbocycles. The highest BCUT2D eigenvalue weighted by Crippen LogP contribution is 2.16. The van der Waals surface area contributed by atoms with Gasteiger partial charge in [0.2, 0.25) is 0 Å². The number of piperidine rings is 1. The molecule has 1 saturated heterocycles. The van der Waals surface area contributed by atoms with Crippen molar-refractivity contribution >= 4 is 29.9 Å². The molecule has 0 amide bonds. The van der Waals surface area contributed by atoms with E-state index in [0.717, 1.165) is 25.0 Å². The van der Waals surface area contributed by atoms with Crippen LogP contribution in [0.2, 0.25) is 0 Å². The SMILES string of the molecule is CN=C(NCCCCN1CCC(C)CC1)NCc1ccc(C)cc1.I. The van der Waals surface area contributed by atoms with Gasteiger partial charge in [0.15, 0.2) is 5.96 Å². The Hall–Kier alpha value is -0.820. The summed E-state index contributed by atoms with van der Waals surface area (Å²) in [6, 6.07) is 8.62. The summed E-state index contributed by atoms with van der Waals surface area (Å²) in [5, 5.41) is 6.79. The normalized spacial score (nSPS) is 16.4. The Morgan fingerprint density at radius 2 is 1.80 bits per heavy atom. The van der Waals surface area contributed by atoms with Crippen LogP contribution in [0.4, 0.5) is 0 Å². The molecule has 0 spiro atoms. The van der Waals surface area contributed by atoms with Gasteiger partial charge in [0.05, 0.1) is 0 Å². The molecule has 4 nitrogen and oxygen atoms in total. The van der Waals surface area contributed by atoms with Crippen molar-refractivity contribution in [1.82, 2.24) is 15.5 Å². The molecule has 0 aromatic heterocycles. The van der Waals surface area contributed by atoms with Crippen molar-refractivity contribution in [3.8, 4) is 0 Å². The maximum Gasteiger partial charge on any atom is 0.191 e. The number of halogens is 1. The molecular weight excluding hydrogens is 423 g/mol. The number of nitrogens with zero attached hydrogens (tertiary/aromatic N) is 2. The molecule has 0 saturated carbocycles. The molecule has 5 heteroatoms. The van der Waals surface area contributed by atoms with E-state index in [1.54, 1.807) is 0 Å². The van der Waals surface area contributed by atoms with Gasteiger partial charge in [-0.05, 0) is 63.7 Å². The van der Waals surface area contributed by atoms with E-state index in [-0.39, 0.29) is 24.0 Å². The van der Waals surface area contributed by atoms with E-state index in [1.807, 2.05) is 7.05 Å². The molecule has 0 radical (unpaired) electrons. The van der Waals surface area contributed by atoms with Crippen LogP contribution in [0.25, 0.3) is 0 Å². The van der Waals surface area contributed by atoms with Gasteiger partial charge in [0.1, 0.15) is 0 Å². The van der Waals surface area contributed by atoms with Crippen LogP contribution < -0.4 is 10.6 Å². The van der Waals surface area contributed by atoms with Gasteiger partial charge in [-0.1, -0.05) is 36.8 Å². The fraction of sp³-hybridized carbons (Fsp3) is 0.650. The zero-order chi connectivity index (χ0) is 17.2. The highest BCUT2D eigenvalue weighted by atomic mass is 127. The minimum absolute atomic E-state index is 0. The highest BCUT2D eigenvalue weighted by molar-refractivity contribution is 14.0. The first-order valence-electron chi connectivity index (χ1n) is 9.40. The number of hydrogen-bond donors (Lipinski definition) is 2. The van der Waals surface area contributed by atoms with Crippen molar-refractivity contribution in [3.05, 3.63) is 35.4 Å². The van der Waals surface area contributed by atoms with Gasteiger partial charge >= 0.3 is 0 Å². The predicted octanol–water partition coefficient (Wildman–Crippen LogP) is 3.79. The van der Waals surface area contributed by atoms with Crippen molar-refractivity contribution in [2.45, 2.75) is 46.1 Å². The first-order valence-corrected chi connectivity index (χ1v) is 9.40. The zero-order valence-corrected chi connectivity index (χ0v) is 18.4. The Kier molecular flexibility index (Phi) is 11.1. The minimum atomic E-state index is 0. The monoisotopic (exact) mass is 458 g/mol. The first-order chi connectivity index (χ1) is 11.7. The lowest BCUT2D eigenvalue weighted by molar-refractivity contribution is 0.189. The van der Waals surface area contributed by atoms with Crippen LogP contribution >= 0.6 is 24.0 Å². The van der Waals surface area contributed by atoms with E-state index in [2.05, 4.69) is 58.6 Å². The van der Waals surface area contributed by atoms with Gasteiger partial charge in [0.25, 0.3) is 0 Å². The van der Waals surface area contributed by atoms with E-state index in [0.29, 0.717) is 0 Å². The van der Waals surface area contributed by atoms with Crippen LogP contribution in [0, 0.1) is 12.8 Å². The third kappa shape index (κ3) is 8.90. The van der Waals surface area contributed by atoms with Crippen molar-refractivity contribution in [3.63, 3.8) is 0 Å². The van der Waals surface area contributed by atoms with Gasteiger partial charge in [0, 0.05) is 20.1 Å². The van der Waals surface area contributed by atoms with Crippen LogP contribution in [0.3, 0.4) is 0 Å². The summed E-state index contributed by atoms with van der Waals surface area (Å²) in [4.78, 5) is 6.92. The van der Waals surface area contributed by atoms with E-state index >= 15 is 0 Å². The number of aliphatic imine (C=N–C) groups is 1. The van der Waals surface area contributed by atoms with E-state index in [9.17, 15) is 0 Å². The lowest BCUT2D eigenvalue weighted by atomic mass is 9.99. The Morgan fingerprint density at radius 3 is 2.44 bits per heavy atom. The lowest BCUT2D eigenvalue weighted by Gasteiger charge is -2.30. The second kappa shape index (κ2) is 12.5. The summed E-state index contributed by atoms with van der Waals surface area (Å²) in [5.74, 6) is 1.81. The maximum atomic E-state index is 4.30. The Balaban J connectivity index is 0.00000312. The van der Waals surface area contributed by atoms with Crippen molar-refractivity contribution in [1.29, 1.82) is 0 Å². The van der Waals surface area contributed by atoms with Gasteiger partial charge in [-0.3, -0.25) is 4.99 Å². The largest absolute Gasteiger partial charge is 0.356 e. The zero-order valence-electron chi connectivity index (χ0n) is 16.1. The summed E-state index contributed by atoms with van der Waals surface area (Å²) < 4.78 is 0. The third-order valence-electron chi connectivity index (χ3n) is 4.87. The molecule has 2 N–H and O–H groups in total. The fourth-order valence-electron chi connectivity index (χ4n) is 3.07. The number of unbranched alkanes of at least 4 members (excludes halogenated alkanes) is 1. The fourth-order valence-corrected chi connectivity index (χ4v) is 3.07. The maximum absolute atomic E-state index is 4.30. The number of benzene rings is 1. The van der Waals surface area contributed by atoms with Gasteiger partial charge in [-0.25, -0.2) is 0 Å². The molecule has 1 aromatic rings. The summed E-state index contributed by atoms with van der Waals surface area (Å²) in [5.41, 5.74) is 2.58. The molecule has 1 aliphatic rings. The molecule has 1 heterocycles. The van der Waals surface area contributed by atoms with Gasteiger partial charge in [-0.15, -0.1) is 24.0 Å². The minimum Gasteiger partial charge on any atom is -0.356 e. The van der Waals surface area contributed by atoms with Crippen molar-refractivity contribution < 1.29 is 0 Å². The Bertz CT molecular complexity index is 493. The number of hydrogen-bond acceptors (Lipinski definition) is 2. The van der Waals surface area contributed by atoms with Crippen LogP contribution in [-0.2, 0) is 6.54 Å². The second-order valence-corrected chi connectivity index (χ2v) is 7.07. The van der Waals surface area contributed by atoms with E-state index < -0.39 is 0 Å². The number of rotatable bonds is 7. The second-order valence-electron chi connectivity index (χ2n) is 7.07. The van der Waals surface area contributed by atoms with Crippen LogP contribution in [0.1, 0.15) is 43.7 Å². The van der Waals surface area contributed by atoms with Gasteiger partial charge in [-0.2, -0.15) is 0 Å². The molecule has 25 heavy (non-hydrogen) atoms.